The van der Waals surface area contributed by atoms with Gasteiger partial charge in [0, 0.05) is 17.3 Å². The van der Waals surface area contributed by atoms with Gasteiger partial charge in [-0.1, -0.05) is 11.6 Å². The fraction of sp³-hybridized carbons (Fsp3) is 0.267. The Morgan fingerprint density at radius 3 is 2.59 bits per heavy atom. The number of hydrogen-bond donors (Lipinski definition) is 2. The lowest BCUT2D eigenvalue weighted by Crippen LogP contribution is -2.34. The number of carboxylic acid groups (broad SMARTS) is 1. The molecule has 0 aliphatic rings. The standard InChI is InChI=1S/C15H16ClN3O3/c1-9(7-14(20)21)17-15(22)13-8-19(18-10(13)2)12-5-3-11(16)4-6-12/h3-6,8-9H,7H2,1-2H3,(H,17,22)(H,20,21)/t9-/m1/s1. The predicted molar refractivity (Wildman–Crippen MR) is 82.5 cm³/mol. The van der Waals surface area contributed by atoms with Gasteiger partial charge in [0.1, 0.15) is 0 Å². The number of amides is 1. The van der Waals surface area contributed by atoms with E-state index in [0.29, 0.717) is 16.3 Å². The molecule has 1 amide bonds. The Labute approximate surface area is 132 Å². The van der Waals surface area contributed by atoms with Crippen LogP contribution >= 0.6 is 11.6 Å². The quantitative estimate of drug-likeness (QED) is 0.885. The van der Waals surface area contributed by atoms with E-state index in [-0.39, 0.29) is 12.3 Å². The van der Waals surface area contributed by atoms with Crippen LogP contribution in [0.1, 0.15) is 29.4 Å². The Hall–Kier alpha value is -2.34. The lowest BCUT2D eigenvalue weighted by Gasteiger charge is -2.10. The molecule has 0 spiro atoms. The van der Waals surface area contributed by atoms with Crippen molar-refractivity contribution < 1.29 is 14.7 Å². The van der Waals surface area contributed by atoms with Gasteiger partial charge in [-0.25, -0.2) is 4.68 Å². The molecule has 0 aliphatic heterocycles. The number of carbonyl (C=O) groups excluding carboxylic acids is 1. The van der Waals surface area contributed by atoms with Crippen molar-refractivity contribution >= 4 is 23.5 Å². The maximum Gasteiger partial charge on any atom is 0.305 e. The molecule has 1 atom stereocenters. The number of carboxylic acids is 1. The molecular weight excluding hydrogens is 306 g/mol. The van der Waals surface area contributed by atoms with Crippen LogP contribution < -0.4 is 5.32 Å². The topological polar surface area (TPSA) is 84.2 Å². The average molecular weight is 322 g/mol. The summed E-state index contributed by atoms with van der Waals surface area (Å²) >= 11 is 5.84. The third kappa shape index (κ3) is 3.85. The minimum Gasteiger partial charge on any atom is -0.481 e. The first kappa shape index (κ1) is 16.0. The van der Waals surface area contributed by atoms with Crippen molar-refractivity contribution in [3.8, 4) is 5.69 Å². The minimum atomic E-state index is -0.957. The number of carbonyl (C=O) groups is 2. The van der Waals surface area contributed by atoms with Crippen LogP contribution in [0.3, 0.4) is 0 Å². The summed E-state index contributed by atoms with van der Waals surface area (Å²) < 4.78 is 1.59. The first-order chi connectivity index (χ1) is 10.4. The van der Waals surface area contributed by atoms with Gasteiger partial charge in [-0.3, -0.25) is 9.59 Å². The predicted octanol–water partition coefficient (Wildman–Crippen LogP) is 2.43. The second-order valence-electron chi connectivity index (χ2n) is 5.02. The summed E-state index contributed by atoms with van der Waals surface area (Å²) in [5.41, 5.74) is 1.76. The lowest BCUT2D eigenvalue weighted by molar-refractivity contribution is -0.137. The van der Waals surface area contributed by atoms with Gasteiger partial charge < -0.3 is 10.4 Å². The van der Waals surface area contributed by atoms with Crippen molar-refractivity contribution in [2.24, 2.45) is 0 Å². The average Bonchev–Trinajstić information content (AvgIpc) is 2.80. The maximum atomic E-state index is 12.2. The molecule has 2 aromatic rings. The van der Waals surface area contributed by atoms with Crippen LogP contribution in [0.2, 0.25) is 5.02 Å². The number of hydrogen-bond acceptors (Lipinski definition) is 3. The largest absolute Gasteiger partial charge is 0.481 e. The zero-order valence-electron chi connectivity index (χ0n) is 12.2. The molecule has 116 valence electrons. The number of aromatic nitrogens is 2. The van der Waals surface area contributed by atoms with E-state index < -0.39 is 12.0 Å². The fourth-order valence-electron chi connectivity index (χ4n) is 2.02. The molecule has 0 aliphatic carbocycles. The van der Waals surface area contributed by atoms with Crippen molar-refractivity contribution in [3.63, 3.8) is 0 Å². The van der Waals surface area contributed by atoms with Crippen LogP contribution in [0, 0.1) is 6.92 Å². The molecule has 7 heteroatoms. The SMILES string of the molecule is Cc1nn(-c2ccc(Cl)cc2)cc1C(=O)N[C@H](C)CC(=O)O. The summed E-state index contributed by atoms with van der Waals surface area (Å²) in [6, 6.07) is 6.61. The molecule has 0 unspecified atom stereocenters. The molecule has 0 fully saturated rings. The summed E-state index contributed by atoms with van der Waals surface area (Å²) in [7, 11) is 0. The summed E-state index contributed by atoms with van der Waals surface area (Å²) in [6.45, 7) is 3.37. The fourth-order valence-corrected chi connectivity index (χ4v) is 2.15. The van der Waals surface area contributed by atoms with E-state index in [9.17, 15) is 9.59 Å². The van der Waals surface area contributed by atoms with E-state index >= 15 is 0 Å². The molecule has 0 bridgehead atoms. The van der Waals surface area contributed by atoms with Crippen LogP contribution in [0.4, 0.5) is 0 Å². The Morgan fingerprint density at radius 1 is 1.36 bits per heavy atom. The van der Waals surface area contributed by atoms with Crippen molar-refractivity contribution in [3.05, 3.63) is 46.7 Å². The molecule has 1 aromatic heterocycles. The van der Waals surface area contributed by atoms with Gasteiger partial charge in [0.25, 0.3) is 5.91 Å². The summed E-state index contributed by atoms with van der Waals surface area (Å²) in [4.78, 5) is 22.8. The smallest absolute Gasteiger partial charge is 0.305 e. The Morgan fingerprint density at radius 2 is 2.00 bits per heavy atom. The van der Waals surface area contributed by atoms with E-state index in [4.69, 9.17) is 16.7 Å². The molecule has 2 N–H and O–H groups in total. The Balaban J connectivity index is 2.17. The monoisotopic (exact) mass is 321 g/mol. The maximum absolute atomic E-state index is 12.2. The van der Waals surface area contributed by atoms with Crippen LogP contribution in [0.25, 0.3) is 5.69 Å². The van der Waals surface area contributed by atoms with Crippen molar-refractivity contribution in [2.75, 3.05) is 0 Å². The van der Waals surface area contributed by atoms with Crippen molar-refractivity contribution in [2.45, 2.75) is 26.3 Å². The molecule has 0 saturated carbocycles. The number of aryl methyl sites for hydroxylation is 1. The lowest BCUT2D eigenvalue weighted by atomic mass is 10.2. The summed E-state index contributed by atoms with van der Waals surface area (Å²) in [5, 5.41) is 16.3. The zero-order chi connectivity index (χ0) is 16.3. The third-order valence-electron chi connectivity index (χ3n) is 3.09. The molecular formula is C15H16ClN3O3. The molecule has 0 saturated heterocycles. The van der Waals surface area contributed by atoms with E-state index in [1.54, 1.807) is 49.0 Å². The van der Waals surface area contributed by atoms with Crippen LogP contribution in [0.5, 0.6) is 0 Å². The number of aliphatic carboxylic acids is 1. The number of halogens is 1. The molecule has 6 nitrogen and oxygen atoms in total. The Bertz CT molecular complexity index is 695. The van der Waals surface area contributed by atoms with Gasteiger partial charge in [0.2, 0.25) is 0 Å². The first-order valence-corrected chi connectivity index (χ1v) is 7.09. The normalized spacial score (nSPS) is 12.0. The van der Waals surface area contributed by atoms with Crippen LogP contribution in [0.15, 0.2) is 30.5 Å². The summed E-state index contributed by atoms with van der Waals surface area (Å²) in [5.74, 6) is -1.30. The highest BCUT2D eigenvalue weighted by Crippen LogP contribution is 2.15. The highest BCUT2D eigenvalue weighted by atomic mass is 35.5. The number of nitrogens with zero attached hydrogens (tertiary/aromatic N) is 2. The second kappa shape index (κ2) is 6.62. The van der Waals surface area contributed by atoms with Crippen molar-refractivity contribution in [1.82, 2.24) is 15.1 Å². The van der Waals surface area contributed by atoms with Gasteiger partial charge in [0.05, 0.1) is 23.4 Å². The highest BCUT2D eigenvalue weighted by molar-refractivity contribution is 6.30. The number of rotatable bonds is 5. The summed E-state index contributed by atoms with van der Waals surface area (Å²) in [6.07, 6.45) is 1.48. The van der Waals surface area contributed by atoms with Gasteiger partial charge in [-0.15, -0.1) is 0 Å². The molecule has 1 heterocycles. The third-order valence-corrected chi connectivity index (χ3v) is 3.34. The molecule has 1 aromatic carbocycles. The number of nitrogens with one attached hydrogen (secondary N) is 1. The molecule has 22 heavy (non-hydrogen) atoms. The second-order valence-corrected chi connectivity index (χ2v) is 5.46. The van der Waals surface area contributed by atoms with Gasteiger partial charge in [0.15, 0.2) is 0 Å². The first-order valence-electron chi connectivity index (χ1n) is 6.71. The minimum absolute atomic E-state index is 0.129. The van der Waals surface area contributed by atoms with Gasteiger partial charge in [-0.05, 0) is 38.1 Å². The van der Waals surface area contributed by atoms with E-state index in [2.05, 4.69) is 10.4 Å². The zero-order valence-corrected chi connectivity index (χ0v) is 13.0. The molecule has 2 rings (SSSR count). The van der Waals surface area contributed by atoms with Gasteiger partial charge >= 0.3 is 5.97 Å². The van der Waals surface area contributed by atoms with E-state index in [0.717, 1.165) is 5.69 Å². The van der Waals surface area contributed by atoms with E-state index in [1.165, 1.54) is 0 Å². The Kier molecular flexibility index (Phi) is 4.82. The van der Waals surface area contributed by atoms with Crippen LogP contribution in [-0.4, -0.2) is 32.8 Å². The number of benzene rings is 1. The van der Waals surface area contributed by atoms with E-state index in [1.807, 2.05) is 0 Å². The van der Waals surface area contributed by atoms with Crippen LogP contribution in [-0.2, 0) is 4.79 Å². The van der Waals surface area contributed by atoms with Crippen molar-refractivity contribution in [1.29, 1.82) is 0 Å². The molecule has 0 radical (unpaired) electrons. The van der Waals surface area contributed by atoms with Gasteiger partial charge in [-0.2, -0.15) is 5.10 Å². The highest BCUT2D eigenvalue weighted by Gasteiger charge is 2.17.